The first-order valence-electron chi connectivity index (χ1n) is 6.23. The molecule has 1 aliphatic rings. The van der Waals surface area contributed by atoms with E-state index >= 15 is 0 Å². The maximum atomic E-state index is 11.6. The van der Waals surface area contributed by atoms with Crippen molar-refractivity contribution >= 4 is 5.91 Å². The molecule has 0 spiro atoms. The van der Waals surface area contributed by atoms with Gasteiger partial charge in [0.15, 0.2) is 0 Å². The van der Waals surface area contributed by atoms with Crippen molar-refractivity contribution in [1.82, 2.24) is 10.6 Å². The average molecular weight is 238 g/mol. The van der Waals surface area contributed by atoms with Gasteiger partial charge in [-0.15, -0.1) is 6.42 Å². The Morgan fingerprint density at radius 2 is 2.24 bits per heavy atom. The second kappa shape index (κ2) is 7.31. The minimum absolute atomic E-state index is 0.125. The highest BCUT2D eigenvalue weighted by molar-refractivity contribution is 5.80. The summed E-state index contributed by atoms with van der Waals surface area (Å²) >= 11 is 0. The Kier molecular flexibility index (Phi) is 6.03. The molecular formula is C13H22N2O2. The fourth-order valence-corrected chi connectivity index (χ4v) is 2.20. The lowest BCUT2D eigenvalue weighted by Crippen LogP contribution is -2.46. The molecule has 17 heavy (non-hydrogen) atoms. The van der Waals surface area contributed by atoms with Crippen molar-refractivity contribution < 1.29 is 9.53 Å². The number of amides is 1. The van der Waals surface area contributed by atoms with Gasteiger partial charge >= 0.3 is 0 Å². The SMILES string of the molecule is C#CCNC(=O)C(C)OC1CCCCC1NC. The van der Waals surface area contributed by atoms with Crippen LogP contribution in [0.3, 0.4) is 0 Å². The van der Waals surface area contributed by atoms with Crippen molar-refractivity contribution in [1.29, 1.82) is 0 Å². The molecule has 4 nitrogen and oxygen atoms in total. The Hall–Kier alpha value is -1.05. The molecule has 0 bridgehead atoms. The van der Waals surface area contributed by atoms with Crippen molar-refractivity contribution in [3.05, 3.63) is 0 Å². The fourth-order valence-electron chi connectivity index (χ4n) is 2.20. The highest BCUT2D eigenvalue weighted by Crippen LogP contribution is 2.22. The summed E-state index contributed by atoms with van der Waals surface area (Å²) in [5, 5.41) is 5.89. The number of rotatable bonds is 5. The standard InChI is InChI=1S/C13H22N2O2/c1-4-9-15-13(16)10(2)17-12-8-6-5-7-11(12)14-3/h1,10-12,14H,5-9H2,2-3H3,(H,15,16). The number of hydrogen-bond acceptors (Lipinski definition) is 3. The highest BCUT2D eigenvalue weighted by atomic mass is 16.5. The molecule has 1 saturated carbocycles. The van der Waals surface area contributed by atoms with Crippen LogP contribution in [-0.4, -0.2) is 37.7 Å². The van der Waals surface area contributed by atoms with Gasteiger partial charge in [-0.25, -0.2) is 0 Å². The monoisotopic (exact) mass is 238 g/mol. The van der Waals surface area contributed by atoms with Gasteiger partial charge in [-0.05, 0) is 26.8 Å². The summed E-state index contributed by atoms with van der Waals surface area (Å²) in [4.78, 5) is 11.6. The summed E-state index contributed by atoms with van der Waals surface area (Å²) in [7, 11) is 1.94. The van der Waals surface area contributed by atoms with E-state index in [0.717, 1.165) is 12.8 Å². The molecular weight excluding hydrogens is 216 g/mol. The largest absolute Gasteiger partial charge is 0.364 e. The third kappa shape index (κ3) is 4.37. The summed E-state index contributed by atoms with van der Waals surface area (Å²) in [5.41, 5.74) is 0. The predicted octanol–water partition coefficient (Wildman–Crippen LogP) is 0.671. The van der Waals surface area contributed by atoms with Crippen molar-refractivity contribution in [2.45, 2.75) is 50.9 Å². The second-order valence-corrected chi connectivity index (χ2v) is 4.42. The first-order chi connectivity index (χ1) is 8.19. The summed E-state index contributed by atoms with van der Waals surface area (Å²) in [5.74, 6) is 2.24. The zero-order valence-electron chi connectivity index (χ0n) is 10.7. The van der Waals surface area contributed by atoms with E-state index in [4.69, 9.17) is 11.2 Å². The quantitative estimate of drug-likeness (QED) is 0.692. The van der Waals surface area contributed by atoms with Crippen LogP contribution in [0.15, 0.2) is 0 Å². The molecule has 1 amide bonds. The van der Waals surface area contributed by atoms with E-state index in [2.05, 4.69) is 16.6 Å². The minimum Gasteiger partial charge on any atom is -0.364 e. The Bertz CT molecular complexity index is 286. The molecule has 1 aliphatic carbocycles. The lowest BCUT2D eigenvalue weighted by molar-refractivity contribution is -0.137. The van der Waals surface area contributed by atoms with Gasteiger partial charge in [0, 0.05) is 6.04 Å². The van der Waals surface area contributed by atoms with Gasteiger partial charge in [0.2, 0.25) is 5.91 Å². The van der Waals surface area contributed by atoms with Gasteiger partial charge in [0.25, 0.3) is 0 Å². The van der Waals surface area contributed by atoms with Crippen LogP contribution in [0.1, 0.15) is 32.6 Å². The number of nitrogens with one attached hydrogen (secondary N) is 2. The number of carbonyl (C=O) groups is 1. The van der Waals surface area contributed by atoms with E-state index in [1.807, 2.05) is 7.05 Å². The summed E-state index contributed by atoms with van der Waals surface area (Å²) in [6.07, 6.45) is 9.29. The zero-order valence-corrected chi connectivity index (χ0v) is 10.7. The van der Waals surface area contributed by atoms with Gasteiger partial charge in [-0.1, -0.05) is 18.8 Å². The van der Waals surface area contributed by atoms with Gasteiger partial charge in [0.05, 0.1) is 12.6 Å². The van der Waals surface area contributed by atoms with Gasteiger partial charge in [-0.2, -0.15) is 0 Å². The predicted molar refractivity (Wildman–Crippen MR) is 67.5 cm³/mol. The zero-order chi connectivity index (χ0) is 12.7. The summed E-state index contributed by atoms with van der Waals surface area (Å²) in [6, 6.07) is 0.353. The average Bonchev–Trinajstić information content (AvgIpc) is 2.36. The molecule has 0 aromatic heterocycles. The Balaban J connectivity index is 2.40. The van der Waals surface area contributed by atoms with E-state index in [1.165, 1.54) is 12.8 Å². The van der Waals surface area contributed by atoms with Crippen molar-refractivity contribution in [2.75, 3.05) is 13.6 Å². The molecule has 4 heteroatoms. The lowest BCUT2D eigenvalue weighted by Gasteiger charge is -2.32. The van der Waals surface area contributed by atoms with Gasteiger partial charge in [-0.3, -0.25) is 4.79 Å². The van der Waals surface area contributed by atoms with Crippen LogP contribution in [0.2, 0.25) is 0 Å². The van der Waals surface area contributed by atoms with E-state index in [1.54, 1.807) is 6.92 Å². The minimum atomic E-state index is -0.442. The van der Waals surface area contributed by atoms with Crippen LogP contribution in [0.5, 0.6) is 0 Å². The molecule has 96 valence electrons. The van der Waals surface area contributed by atoms with Gasteiger partial charge < -0.3 is 15.4 Å². The van der Waals surface area contributed by atoms with Crippen LogP contribution in [0.4, 0.5) is 0 Å². The lowest BCUT2D eigenvalue weighted by atomic mass is 9.92. The number of carbonyl (C=O) groups excluding carboxylic acids is 1. The molecule has 3 atom stereocenters. The number of likely N-dealkylation sites (N-methyl/N-ethyl adjacent to an activating group) is 1. The van der Waals surface area contributed by atoms with E-state index in [9.17, 15) is 4.79 Å². The second-order valence-electron chi connectivity index (χ2n) is 4.42. The van der Waals surface area contributed by atoms with Crippen LogP contribution in [0, 0.1) is 12.3 Å². The molecule has 0 aromatic carbocycles. The number of hydrogen-bond donors (Lipinski definition) is 2. The molecule has 3 unspecified atom stereocenters. The first-order valence-corrected chi connectivity index (χ1v) is 6.23. The van der Waals surface area contributed by atoms with Crippen LogP contribution >= 0.6 is 0 Å². The van der Waals surface area contributed by atoms with Gasteiger partial charge in [0.1, 0.15) is 6.10 Å². The highest BCUT2D eigenvalue weighted by Gasteiger charge is 2.27. The Labute approximate surface area is 103 Å². The normalized spacial score (nSPS) is 25.9. The Morgan fingerprint density at radius 3 is 2.88 bits per heavy atom. The summed E-state index contributed by atoms with van der Waals surface area (Å²) in [6.45, 7) is 2.03. The van der Waals surface area contributed by atoms with E-state index < -0.39 is 6.10 Å². The molecule has 1 rings (SSSR count). The van der Waals surface area contributed by atoms with E-state index in [-0.39, 0.29) is 18.6 Å². The summed E-state index contributed by atoms with van der Waals surface area (Å²) < 4.78 is 5.81. The van der Waals surface area contributed by atoms with Crippen molar-refractivity contribution in [3.8, 4) is 12.3 Å². The molecule has 0 heterocycles. The number of terminal acetylenes is 1. The van der Waals surface area contributed by atoms with Crippen LogP contribution < -0.4 is 10.6 Å². The fraction of sp³-hybridized carbons (Fsp3) is 0.769. The molecule has 0 aliphatic heterocycles. The van der Waals surface area contributed by atoms with Crippen LogP contribution in [0.25, 0.3) is 0 Å². The topological polar surface area (TPSA) is 50.4 Å². The molecule has 0 saturated heterocycles. The van der Waals surface area contributed by atoms with Crippen molar-refractivity contribution in [2.24, 2.45) is 0 Å². The third-order valence-electron chi connectivity index (χ3n) is 3.19. The first kappa shape index (κ1) is 14.0. The smallest absolute Gasteiger partial charge is 0.249 e. The van der Waals surface area contributed by atoms with E-state index in [0.29, 0.717) is 6.04 Å². The molecule has 0 aromatic rings. The molecule has 2 N–H and O–H groups in total. The molecule has 0 radical (unpaired) electrons. The van der Waals surface area contributed by atoms with Crippen molar-refractivity contribution in [3.63, 3.8) is 0 Å². The number of ether oxygens (including phenoxy) is 1. The third-order valence-corrected chi connectivity index (χ3v) is 3.19. The maximum Gasteiger partial charge on any atom is 0.249 e. The maximum absolute atomic E-state index is 11.6. The molecule has 1 fully saturated rings. The van der Waals surface area contributed by atoms with Crippen LogP contribution in [-0.2, 0) is 9.53 Å². The Morgan fingerprint density at radius 1 is 1.53 bits per heavy atom.